The summed E-state index contributed by atoms with van der Waals surface area (Å²) in [5.41, 5.74) is -0.721. The molecule has 26 heavy (non-hydrogen) atoms. The van der Waals surface area contributed by atoms with Crippen LogP contribution in [-0.2, 0) is 9.53 Å². The van der Waals surface area contributed by atoms with Gasteiger partial charge in [-0.1, -0.05) is 0 Å². The Morgan fingerprint density at radius 3 is 2.42 bits per heavy atom. The quantitative estimate of drug-likeness (QED) is 0.513. The maximum absolute atomic E-state index is 11.7. The summed E-state index contributed by atoms with van der Waals surface area (Å²) in [4.78, 5) is 37.1. The third-order valence-electron chi connectivity index (χ3n) is 3.20. The minimum atomic E-state index is -0.854. The molecule has 0 aliphatic heterocycles. The molecule has 0 saturated heterocycles. The Hall–Kier alpha value is -3.29. The van der Waals surface area contributed by atoms with Crippen LogP contribution in [0.25, 0.3) is 0 Å². The Morgan fingerprint density at radius 2 is 1.77 bits per heavy atom. The summed E-state index contributed by atoms with van der Waals surface area (Å²) < 4.78 is 15.6. The minimum absolute atomic E-state index is 0.154. The predicted molar refractivity (Wildman–Crippen MR) is 93.5 cm³/mol. The molecule has 0 radical (unpaired) electrons. The van der Waals surface area contributed by atoms with Crippen molar-refractivity contribution in [1.82, 2.24) is 10.3 Å². The molecule has 8 nitrogen and oxygen atoms in total. The molecule has 0 aliphatic carbocycles. The molecule has 1 aromatic carbocycles. The van der Waals surface area contributed by atoms with Crippen LogP contribution in [0.4, 0.5) is 0 Å². The second-order valence-corrected chi connectivity index (χ2v) is 5.09. The van der Waals surface area contributed by atoms with E-state index in [-0.39, 0.29) is 18.7 Å². The number of aromatic nitrogens is 1. The van der Waals surface area contributed by atoms with Gasteiger partial charge in [-0.05, 0) is 43.3 Å². The maximum atomic E-state index is 11.7. The first-order valence-electron chi connectivity index (χ1n) is 8.07. The predicted octanol–water partition coefficient (Wildman–Crippen LogP) is 1.13. The van der Waals surface area contributed by atoms with Crippen LogP contribution in [0.1, 0.15) is 17.3 Å². The first-order chi connectivity index (χ1) is 12.6. The van der Waals surface area contributed by atoms with E-state index in [4.69, 9.17) is 14.2 Å². The fourth-order valence-electron chi connectivity index (χ4n) is 2.00. The smallest absolute Gasteiger partial charge is 0.344 e. The van der Waals surface area contributed by atoms with E-state index >= 15 is 0 Å². The largest absolute Gasteiger partial charge is 0.494 e. The average molecular weight is 360 g/mol. The minimum Gasteiger partial charge on any atom is -0.494 e. The summed E-state index contributed by atoms with van der Waals surface area (Å²) in [5.74, 6) is 0.0679. The molecule has 2 aromatic rings. The monoisotopic (exact) mass is 360 g/mol. The Balaban J connectivity index is 1.65. The second kappa shape index (κ2) is 9.87. The van der Waals surface area contributed by atoms with E-state index in [1.807, 2.05) is 6.92 Å². The zero-order chi connectivity index (χ0) is 18.8. The van der Waals surface area contributed by atoms with Crippen LogP contribution < -0.4 is 20.3 Å². The third kappa shape index (κ3) is 5.97. The van der Waals surface area contributed by atoms with E-state index in [2.05, 4.69) is 10.3 Å². The molecule has 0 fully saturated rings. The van der Waals surface area contributed by atoms with E-state index in [0.717, 1.165) is 5.75 Å². The number of hydrogen-bond acceptors (Lipinski definition) is 6. The molecular weight excluding hydrogens is 340 g/mol. The lowest BCUT2D eigenvalue weighted by atomic mass is 10.3. The molecule has 0 atom stereocenters. The number of carbonyl (C=O) groups excluding carboxylic acids is 2. The summed E-state index contributed by atoms with van der Waals surface area (Å²) in [6.07, 6.45) is 1.40. The van der Waals surface area contributed by atoms with Crippen molar-refractivity contribution in [2.75, 3.05) is 26.4 Å². The summed E-state index contributed by atoms with van der Waals surface area (Å²) in [6.45, 7) is 2.52. The summed E-state index contributed by atoms with van der Waals surface area (Å²) in [6, 6.07) is 9.95. The van der Waals surface area contributed by atoms with Gasteiger partial charge in [-0.15, -0.1) is 0 Å². The lowest BCUT2D eigenvalue weighted by molar-refractivity contribution is -0.124. The van der Waals surface area contributed by atoms with Crippen LogP contribution in [0.5, 0.6) is 11.5 Å². The van der Waals surface area contributed by atoms with E-state index < -0.39 is 24.0 Å². The van der Waals surface area contributed by atoms with Crippen molar-refractivity contribution in [2.45, 2.75) is 6.92 Å². The van der Waals surface area contributed by atoms with Gasteiger partial charge in [0.2, 0.25) is 0 Å². The SMILES string of the molecule is CCOc1ccc(OCCNC(=O)COC(=O)c2ccc[nH]c2=O)cc1. The zero-order valence-electron chi connectivity index (χ0n) is 14.3. The number of aromatic amines is 1. The van der Waals surface area contributed by atoms with Crippen LogP contribution >= 0.6 is 0 Å². The fourth-order valence-corrected chi connectivity index (χ4v) is 2.00. The van der Waals surface area contributed by atoms with Gasteiger partial charge in [0.25, 0.3) is 11.5 Å². The molecule has 2 N–H and O–H groups in total. The van der Waals surface area contributed by atoms with Gasteiger partial charge in [0.1, 0.15) is 23.7 Å². The Bertz CT molecular complexity index is 785. The normalized spacial score (nSPS) is 10.0. The van der Waals surface area contributed by atoms with Crippen molar-refractivity contribution in [3.63, 3.8) is 0 Å². The Morgan fingerprint density at radius 1 is 1.08 bits per heavy atom. The van der Waals surface area contributed by atoms with Crippen LogP contribution in [0.15, 0.2) is 47.4 Å². The van der Waals surface area contributed by atoms with Crippen LogP contribution in [0.2, 0.25) is 0 Å². The van der Waals surface area contributed by atoms with Crippen molar-refractivity contribution >= 4 is 11.9 Å². The molecule has 138 valence electrons. The van der Waals surface area contributed by atoms with Crippen molar-refractivity contribution in [1.29, 1.82) is 0 Å². The van der Waals surface area contributed by atoms with Gasteiger partial charge in [0.05, 0.1) is 13.2 Å². The average Bonchev–Trinajstić information content (AvgIpc) is 2.65. The molecule has 2 rings (SSSR count). The van der Waals surface area contributed by atoms with Crippen LogP contribution in [0.3, 0.4) is 0 Å². The molecule has 1 amide bonds. The lowest BCUT2D eigenvalue weighted by Gasteiger charge is -2.09. The van der Waals surface area contributed by atoms with Crippen molar-refractivity contribution in [3.8, 4) is 11.5 Å². The van der Waals surface area contributed by atoms with Gasteiger partial charge in [0, 0.05) is 6.20 Å². The number of nitrogens with one attached hydrogen (secondary N) is 2. The van der Waals surface area contributed by atoms with Crippen molar-refractivity contribution in [2.24, 2.45) is 0 Å². The molecule has 0 saturated carbocycles. The third-order valence-corrected chi connectivity index (χ3v) is 3.20. The molecule has 1 heterocycles. The van der Waals surface area contributed by atoms with Gasteiger partial charge < -0.3 is 24.5 Å². The van der Waals surface area contributed by atoms with Crippen LogP contribution in [-0.4, -0.2) is 43.2 Å². The highest BCUT2D eigenvalue weighted by atomic mass is 16.5. The Labute approximate surface area is 150 Å². The lowest BCUT2D eigenvalue weighted by Crippen LogP contribution is -2.32. The van der Waals surface area contributed by atoms with E-state index in [1.54, 1.807) is 24.3 Å². The first kappa shape index (κ1) is 19.0. The number of benzene rings is 1. The summed E-state index contributed by atoms with van der Waals surface area (Å²) in [7, 11) is 0. The molecule has 0 spiro atoms. The van der Waals surface area contributed by atoms with Gasteiger partial charge in [-0.2, -0.15) is 0 Å². The van der Waals surface area contributed by atoms with Gasteiger partial charge >= 0.3 is 5.97 Å². The highest BCUT2D eigenvalue weighted by Gasteiger charge is 2.13. The van der Waals surface area contributed by atoms with Gasteiger partial charge in [0.15, 0.2) is 6.61 Å². The highest BCUT2D eigenvalue weighted by Crippen LogP contribution is 2.17. The van der Waals surface area contributed by atoms with Crippen LogP contribution in [0, 0.1) is 0 Å². The maximum Gasteiger partial charge on any atom is 0.344 e. The number of rotatable bonds is 9. The van der Waals surface area contributed by atoms with E-state index in [0.29, 0.717) is 12.4 Å². The number of esters is 1. The fraction of sp³-hybridized carbons (Fsp3) is 0.278. The zero-order valence-corrected chi connectivity index (χ0v) is 14.3. The van der Waals surface area contributed by atoms with E-state index in [9.17, 15) is 14.4 Å². The Kier molecular flexibility index (Phi) is 7.23. The van der Waals surface area contributed by atoms with Gasteiger partial charge in [-0.3, -0.25) is 9.59 Å². The molecule has 1 aromatic heterocycles. The number of H-pyrrole nitrogens is 1. The number of carbonyl (C=O) groups is 2. The number of amides is 1. The molecule has 8 heteroatoms. The summed E-state index contributed by atoms with van der Waals surface area (Å²) in [5, 5.41) is 2.55. The number of pyridine rings is 1. The second-order valence-electron chi connectivity index (χ2n) is 5.09. The molecule has 0 unspecified atom stereocenters. The standard InChI is InChI=1S/C18H20N2O6/c1-2-24-13-5-7-14(8-6-13)25-11-10-19-16(21)12-26-18(23)15-4-3-9-20-17(15)22/h3-9H,2,10-12H2,1H3,(H,19,21)(H,20,22). The van der Waals surface area contributed by atoms with Gasteiger partial charge in [-0.25, -0.2) is 4.79 Å². The van der Waals surface area contributed by atoms with Crippen molar-refractivity contribution in [3.05, 3.63) is 58.5 Å². The number of hydrogen-bond donors (Lipinski definition) is 2. The molecule has 0 bridgehead atoms. The molecular formula is C18H20N2O6. The highest BCUT2D eigenvalue weighted by molar-refractivity contribution is 5.90. The number of ether oxygens (including phenoxy) is 3. The summed E-state index contributed by atoms with van der Waals surface area (Å²) >= 11 is 0. The molecule has 0 aliphatic rings. The van der Waals surface area contributed by atoms with E-state index in [1.165, 1.54) is 18.3 Å². The topological polar surface area (TPSA) is 107 Å². The first-order valence-corrected chi connectivity index (χ1v) is 8.07. The van der Waals surface area contributed by atoms with Crippen molar-refractivity contribution < 1.29 is 23.8 Å².